The van der Waals surface area contributed by atoms with Crippen LogP contribution in [-0.2, 0) is 0 Å². The molecule has 2 aromatic rings. The molecule has 2 aromatic carbocycles. The first-order chi connectivity index (χ1) is 10.6. The number of hydrogen-bond acceptors (Lipinski definition) is 5. The van der Waals surface area contributed by atoms with Gasteiger partial charge in [0.1, 0.15) is 10.5 Å². The third kappa shape index (κ3) is 3.05. The van der Waals surface area contributed by atoms with Gasteiger partial charge in [0.2, 0.25) is 0 Å². The predicted octanol–water partition coefficient (Wildman–Crippen LogP) is 2.91. The van der Waals surface area contributed by atoms with Crippen LogP contribution in [0.1, 0.15) is 34.3 Å². The summed E-state index contributed by atoms with van der Waals surface area (Å²) in [6.45, 7) is 2.07. The summed E-state index contributed by atoms with van der Waals surface area (Å²) < 4.78 is 0. The number of nitrogens with one attached hydrogen (secondary N) is 1. The van der Waals surface area contributed by atoms with Crippen molar-refractivity contribution >= 4 is 22.6 Å². The largest absolute Gasteiger partial charge is 0.301 e. The Bertz CT molecular complexity index is 715. The van der Waals surface area contributed by atoms with Gasteiger partial charge in [0, 0.05) is 17.0 Å². The first-order valence-electron chi connectivity index (χ1n) is 7.10. The average molecular weight is 311 g/mol. The molecule has 0 spiro atoms. The highest BCUT2D eigenvalue weighted by Crippen LogP contribution is 2.28. The molecule has 22 heavy (non-hydrogen) atoms. The summed E-state index contributed by atoms with van der Waals surface area (Å²) in [7, 11) is 0. The van der Waals surface area contributed by atoms with Crippen LogP contribution in [0.5, 0.6) is 0 Å². The zero-order valence-electron chi connectivity index (χ0n) is 12.2. The summed E-state index contributed by atoms with van der Waals surface area (Å²) in [6, 6.07) is 17.0. The number of nitrogens with zero attached hydrogens (tertiary/aromatic N) is 1. The lowest BCUT2D eigenvalue weighted by atomic mass is 9.96. The van der Waals surface area contributed by atoms with Crippen molar-refractivity contribution in [1.29, 1.82) is 0 Å². The van der Waals surface area contributed by atoms with E-state index >= 15 is 0 Å². The standard InChI is InChI=1S/C17H17N3OS/c1-11(16-19-20-17(18)22-16)13-8-5-9-14(10-13)15(21)12-6-3-2-4-7-12/h2-11,17,20H,18H2,1H3. The molecular weight excluding hydrogens is 294 g/mol. The number of nitrogens with two attached hydrogens (primary N) is 1. The van der Waals surface area contributed by atoms with Crippen LogP contribution in [0.3, 0.4) is 0 Å². The van der Waals surface area contributed by atoms with Crippen molar-refractivity contribution in [2.75, 3.05) is 0 Å². The number of carbonyl (C=O) groups excluding carboxylic acids is 1. The van der Waals surface area contributed by atoms with Crippen LogP contribution in [0.25, 0.3) is 0 Å². The van der Waals surface area contributed by atoms with Crippen molar-refractivity contribution in [2.24, 2.45) is 10.8 Å². The molecule has 0 radical (unpaired) electrons. The zero-order chi connectivity index (χ0) is 15.5. The average Bonchev–Trinajstić information content (AvgIpc) is 3.01. The van der Waals surface area contributed by atoms with Gasteiger partial charge < -0.3 is 5.73 Å². The Hall–Kier alpha value is -2.11. The lowest BCUT2D eigenvalue weighted by molar-refractivity contribution is 0.103. The maximum atomic E-state index is 12.5. The first kappa shape index (κ1) is 14.8. The molecule has 2 atom stereocenters. The highest BCUT2D eigenvalue weighted by molar-refractivity contribution is 8.14. The topological polar surface area (TPSA) is 67.5 Å². The Morgan fingerprint density at radius 2 is 1.91 bits per heavy atom. The molecule has 0 aromatic heterocycles. The summed E-state index contributed by atoms with van der Waals surface area (Å²) in [4.78, 5) is 12.5. The van der Waals surface area contributed by atoms with E-state index in [-0.39, 0.29) is 17.2 Å². The predicted molar refractivity (Wildman–Crippen MR) is 90.9 cm³/mol. The van der Waals surface area contributed by atoms with Crippen molar-refractivity contribution in [3.8, 4) is 0 Å². The minimum atomic E-state index is -0.188. The molecule has 1 heterocycles. The van der Waals surface area contributed by atoms with Crippen LogP contribution in [0, 0.1) is 0 Å². The third-order valence-electron chi connectivity index (χ3n) is 3.60. The van der Waals surface area contributed by atoms with E-state index in [0.29, 0.717) is 11.1 Å². The second-order valence-electron chi connectivity index (χ2n) is 5.16. The molecule has 3 rings (SSSR count). The van der Waals surface area contributed by atoms with E-state index in [4.69, 9.17) is 5.73 Å². The smallest absolute Gasteiger partial charge is 0.193 e. The molecule has 3 N–H and O–H groups in total. The van der Waals surface area contributed by atoms with Crippen LogP contribution in [0.15, 0.2) is 59.7 Å². The summed E-state index contributed by atoms with van der Waals surface area (Å²) in [5.74, 6) is 0.139. The van der Waals surface area contributed by atoms with E-state index in [9.17, 15) is 4.79 Å². The van der Waals surface area contributed by atoms with E-state index in [0.717, 1.165) is 10.6 Å². The Morgan fingerprint density at radius 3 is 2.59 bits per heavy atom. The van der Waals surface area contributed by atoms with Gasteiger partial charge in [-0.05, 0) is 11.6 Å². The van der Waals surface area contributed by atoms with Gasteiger partial charge in [0.05, 0.1) is 0 Å². The SMILES string of the molecule is CC(C1=NNC(N)S1)c1cccc(C(=O)c2ccccc2)c1. The van der Waals surface area contributed by atoms with Gasteiger partial charge in [-0.2, -0.15) is 5.10 Å². The summed E-state index contributed by atoms with van der Waals surface area (Å²) in [6.07, 6.45) is 0. The molecule has 0 amide bonds. The van der Waals surface area contributed by atoms with Crippen LogP contribution in [0.2, 0.25) is 0 Å². The maximum Gasteiger partial charge on any atom is 0.193 e. The second kappa shape index (κ2) is 6.34. The van der Waals surface area contributed by atoms with Gasteiger partial charge in [0.25, 0.3) is 0 Å². The highest BCUT2D eigenvalue weighted by atomic mass is 32.2. The molecular formula is C17H17N3OS. The minimum absolute atomic E-state index is 0.0329. The second-order valence-corrected chi connectivity index (χ2v) is 6.32. The van der Waals surface area contributed by atoms with Crippen LogP contribution in [0.4, 0.5) is 0 Å². The Balaban J connectivity index is 1.85. The molecule has 112 valence electrons. The van der Waals surface area contributed by atoms with Gasteiger partial charge in [-0.1, -0.05) is 67.2 Å². The lowest BCUT2D eigenvalue weighted by Gasteiger charge is -2.12. The highest BCUT2D eigenvalue weighted by Gasteiger charge is 2.22. The summed E-state index contributed by atoms with van der Waals surface area (Å²) in [5, 5.41) is 5.19. The number of ketones is 1. The Morgan fingerprint density at radius 1 is 1.18 bits per heavy atom. The molecule has 0 saturated carbocycles. The minimum Gasteiger partial charge on any atom is -0.301 e. The quantitative estimate of drug-likeness (QED) is 0.852. The number of thioether (sulfide) groups is 1. The molecule has 0 aliphatic carbocycles. The van der Waals surface area contributed by atoms with Crippen molar-refractivity contribution in [1.82, 2.24) is 5.43 Å². The zero-order valence-corrected chi connectivity index (χ0v) is 13.0. The fraction of sp³-hybridized carbons (Fsp3) is 0.176. The van der Waals surface area contributed by atoms with E-state index in [1.165, 1.54) is 11.8 Å². The number of carbonyl (C=O) groups is 1. The third-order valence-corrected chi connectivity index (χ3v) is 4.65. The van der Waals surface area contributed by atoms with Crippen molar-refractivity contribution in [3.05, 3.63) is 71.3 Å². The van der Waals surface area contributed by atoms with Crippen LogP contribution in [-0.4, -0.2) is 16.3 Å². The van der Waals surface area contributed by atoms with Gasteiger partial charge >= 0.3 is 0 Å². The molecule has 0 bridgehead atoms. The van der Waals surface area contributed by atoms with Gasteiger partial charge in [-0.25, -0.2) is 0 Å². The lowest BCUT2D eigenvalue weighted by Crippen LogP contribution is -2.25. The fourth-order valence-corrected chi connectivity index (χ4v) is 3.17. The maximum absolute atomic E-state index is 12.5. The van der Waals surface area contributed by atoms with Gasteiger partial charge in [0.15, 0.2) is 5.78 Å². The van der Waals surface area contributed by atoms with E-state index in [1.54, 1.807) is 0 Å². The van der Waals surface area contributed by atoms with Gasteiger partial charge in [-0.3, -0.25) is 10.2 Å². The van der Waals surface area contributed by atoms with Crippen molar-refractivity contribution < 1.29 is 4.79 Å². The molecule has 1 aliphatic heterocycles. The van der Waals surface area contributed by atoms with Crippen molar-refractivity contribution in [2.45, 2.75) is 18.3 Å². The first-order valence-corrected chi connectivity index (χ1v) is 7.98. The van der Waals surface area contributed by atoms with Gasteiger partial charge in [-0.15, -0.1) is 0 Å². The number of rotatable bonds is 4. The molecule has 2 unspecified atom stereocenters. The normalized spacial score (nSPS) is 18.5. The number of hydrogen-bond donors (Lipinski definition) is 2. The van der Waals surface area contributed by atoms with Crippen molar-refractivity contribution in [3.63, 3.8) is 0 Å². The summed E-state index contributed by atoms with van der Waals surface area (Å²) in [5.41, 5.74) is 10.9. The molecule has 5 heteroatoms. The number of benzene rings is 2. The molecule has 0 saturated heterocycles. The molecule has 0 fully saturated rings. The monoisotopic (exact) mass is 311 g/mol. The van der Waals surface area contributed by atoms with Crippen LogP contribution < -0.4 is 11.2 Å². The van der Waals surface area contributed by atoms with E-state index in [1.807, 2.05) is 54.6 Å². The number of hydrazone groups is 1. The summed E-state index contributed by atoms with van der Waals surface area (Å²) >= 11 is 1.51. The molecule has 4 nitrogen and oxygen atoms in total. The molecule has 1 aliphatic rings. The van der Waals surface area contributed by atoms with E-state index in [2.05, 4.69) is 17.5 Å². The Labute approximate surface area is 133 Å². The fourth-order valence-electron chi connectivity index (χ4n) is 2.36. The van der Waals surface area contributed by atoms with E-state index < -0.39 is 0 Å². The van der Waals surface area contributed by atoms with Crippen LogP contribution >= 0.6 is 11.8 Å². The Kier molecular flexibility index (Phi) is 4.27.